The second-order valence-electron chi connectivity index (χ2n) is 7.49. The largest absolute Gasteiger partial charge is 0.451 e. The van der Waals surface area contributed by atoms with Crippen LogP contribution in [0.5, 0.6) is 5.75 Å². The van der Waals surface area contributed by atoms with Gasteiger partial charge < -0.3 is 9.47 Å². The van der Waals surface area contributed by atoms with Crippen molar-refractivity contribution in [3.05, 3.63) is 70.1 Å². The second-order valence-corrected chi connectivity index (χ2v) is 7.49. The number of aromatic nitrogens is 2. The van der Waals surface area contributed by atoms with Crippen LogP contribution in [0.3, 0.4) is 0 Å². The topological polar surface area (TPSA) is 117 Å². The van der Waals surface area contributed by atoms with Gasteiger partial charge in [-0.3, -0.25) is 19.7 Å². The van der Waals surface area contributed by atoms with Crippen LogP contribution in [-0.4, -0.2) is 40.8 Å². The Morgan fingerprint density at radius 3 is 2.37 bits per heavy atom. The van der Waals surface area contributed by atoms with E-state index >= 15 is 0 Å². The molecule has 35 heavy (non-hydrogen) atoms. The SMILES string of the molecule is CCCCCn1nc(C(=O)OCC(=O)NC(=O)c2ccc(OC(F)F)cc2)c2ccccc2c1=O. The number of imide groups is 1. The van der Waals surface area contributed by atoms with Gasteiger partial charge in [0.1, 0.15) is 5.75 Å². The van der Waals surface area contributed by atoms with E-state index in [1.54, 1.807) is 24.3 Å². The fourth-order valence-corrected chi connectivity index (χ4v) is 3.27. The van der Waals surface area contributed by atoms with Crippen LogP contribution in [0, 0.1) is 0 Å². The number of carbonyl (C=O) groups is 3. The van der Waals surface area contributed by atoms with Gasteiger partial charge in [-0.1, -0.05) is 38.0 Å². The van der Waals surface area contributed by atoms with Crippen molar-refractivity contribution in [2.45, 2.75) is 39.3 Å². The summed E-state index contributed by atoms with van der Waals surface area (Å²) in [6, 6.07) is 11.1. The third-order valence-corrected chi connectivity index (χ3v) is 4.96. The molecule has 0 unspecified atom stereocenters. The fraction of sp³-hybridized carbons (Fsp3) is 0.292. The van der Waals surface area contributed by atoms with E-state index in [9.17, 15) is 28.0 Å². The summed E-state index contributed by atoms with van der Waals surface area (Å²) < 4.78 is 34.9. The molecule has 184 valence electrons. The molecule has 0 radical (unpaired) electrons. The van der Waals surface area contributed by atoms with Gasteiger partial charge in [0.2, 0.25) is 0 Å². The van der Waals surface area contributed by atoms with E-state index in [1.165, 1.54) is 16.8 Å². The highest BCUT2D eigenvalue weighted by molar-refractivity contribution is 6.06. The number of amides is 2. The number of rotatable bonds is 10. The van der Waals surface area contributed by atoms with Crippen LogP contribution in [-0.2, 0) is 16.1 Å². The van der Waals surface area contributed by atoms with E-state index in [-0.39, 0.29) is 28.0 Å². The van der Waals surface area contributed by atoms with Gasteiger partial charge in [-0.2, -0.15) is 13.9 Å². The molecule has 0 fully saturated rings. The Morgan fingerprint density at radius 1 is 1.03 bits per heavy atom. The highest BCUT2D eigenvalue weighted by Crippen LogP contribution is 2.16. The summed E-state index contributed by atoms with van der Waals surface area (Å²) in [5.41, 5.74) is -0.440. The van der Waals surface area contributed by atoms with Crippen LogP contribution in [0.25, 0.3) is 10.8 Å². The molecule has 9 nitrogen and oxygen atoms in total. The molecule has 1 heterocycles. The first-order valence-corrected chi connectivity index (χ1v) is 10.9. The number of fused-ring (bicyclic) bond motifs is 1. The third kappa shape index (κ3) is 6.69. The summed E-state index contributed by atoms with van der Waals surface area (Å²) in [7, 11) is 0. The molecule has 1 aromatic heterocycles. The molecule has 0 saturated heterocycles. The van der Waals surface area contributed by atoms with E-state index in [0.29, 0.717) is 18.4 Å². The molecule has 0 atom stereocenters. The monoisotopic (exact) mass is 487 g/mol. The summed E-state index contributed by atoms with van der Waals surface area (Å²) in [5, 5.41) is 6.77. The minimum Gasteiger partial charge on any atom is -0.451 e. The van der Waals surface area contributed by atoms with Crippen molar-refractivity contribution in [3.63, 3.8) is 0 Å². The lowest BCUT2D eigenvalue weighted by molar-refractivity contribution is -0.123. The van der Waals surface area contributed by atoms with Gasteiger partial charge in [-0.05, 0) is 36.8 Å². The average Bonchev–Trinajstić information content (AvgIpc) is 2.84. The van der Waals surface area contributed by atoms with Gasteiger partial charge in [-0.25, -0.2) is 9.48 Å². The minimum absolute atomic E-state index is 0.0121. The van der Waals surface area contributed by atoms with E-state index in [2.05, 4.69) is 9.84 Å². The maximum Gasteiger partial charge on any atom is 0.387 e. The van der Waals surface area contributed by atoms with Crippen LogP contribution >= 0.6 is 0 Å². The Labute approximate surface area is 198 Å². The highest BCUT2D eigenvalue weighted by Gasteiger charge is 2.20. The predicted octanol–water partition coefficient (Wildman–Crippen LogP) is 3.30. The number of hydrogen-bond acceptors (Lipinski definition) is 7. The second kappa shape index (κ2) is 11.8. The van der Waals surface area contributed by atoms with Crippen molar-refractivity contribution in [2.75, 3.05) is 6.61 Å². The Kier molecular flexibility index (Phi) is 8.60. The minimum atomic E-state index is -3.01. The number of nitrogens with zero attached hydrogens (tertiary/aromatic N) is 2. The first-order chi connectivity index (χ1) is 16.8. The standard InChI is InChI=1S/C24H23F2N3O6/c1-2-3-6-13-29-22(32)18-8-5-4-7-17(18)20(28-29)23(33)34-14-19(30)27-21(31)15-9-11-16(12-10-15)35-24(25)26/h4-5,7-12,24H,2-3,6,13-14H2,1H3,(H,27,30,31). The number of ether oxygens (including phenoxy) is 2. The van der Waals surface area contributed by atoms with Crippen molar-refractivity contribution in [2.24, 2.45) is 0 Å². The van der Waals surface area contributed by atoms with Crippen molar-refractivity contribution < 1.29 is 32.6 Å². The summed E-state index contributed by atoms with van der Waals surface area (Å²) in [5.74, 6) is -2.80. The van der Waals surface area contributed by atoms with E-state index in [4.69, 9.17) is 4.74 Å². The van der Waals surface area contributed by atoms with Gasteiger partial charge >= 0.3 is 12.6 Å². The Hall–Kier alpha value is -4.15. The summed E-state index contributed by atoms with van der Waals surface area (Å²) in [6.07, 6.45) is 2.53. The fourth-order valence-electron chi connectivity index (χ4n) is 3.27. The first kappa shape index (κ1) is 25.5. The molecular weight excluding hydrogens is 464 g/mol. The molecule has 0 bridgehead atoms. The van der Waals surface area contributed by atoms with Crippen molar-refractivity contribution >= 4 is 28.6 Å². The van der Waals surface area contributed by atoms with Crippen LogP contribution < -0.4 is 15.6 Å². The smallest absolute Gasteiger partial charge is 0.387 e. The van der Waals surface area contributed by atoms with E-state index in [1.807, 2.05) is 12.2 Å². The lowest BCUT2D eigenvalue weighted by atomic mass is 10.1. The van der Waals surface area contributed by atoms with Crippen LogP contribution in [0.2, 0.25) is 0 Å². The number of nitrogens with one attached hydrogen (secondary N) is 1. The number of esters is 1. The van der Waals surface area contributed by atoms with Crippen molar-refractivity contribution in [3.8, 4) is 5.75 Å². The highest BCUT2D eigenvalue weighted by atomic mass is 19.3. The van der Waals surface area contributed by atoms with Crippen LogP contribution in [0.1, 0.15) is 47.0 Å². The van der Waals surface area contributed by atoms with Gasteiger partial charge in [0, 0.05) is 17.5 Å². The number of benzene rings is 2. The van der Waals surface area contributed by atoms with Gasteiger partial charge in [0.15, 0.2) is 12.3 Å². The number of alkyl halides is 2. The zero-order chi connectivity index (χ0) is 25.4. The molecule has 1 N–H and O–H groups in total. The summed E-state index contributed by atoms with van der Waals surface area (Å²) in [6.45, 7) is -1.43. The number of carbonyl (C=O) groups excluding carboxylic acids is 3. The molecule has 11 heteroatoms. The molecule has 3 aromatic rings. The number of aryl methyl sites for hydroxylation is 1. The normalized spacial score (nSPS) is 10.9. The maximum atomic E-state index is 12.7. The Balaban J connectivity index is 1.67. The molecule has 0 spiro atoms. The maximum absolute atomic E-state index is 12.7. The molecular formula is C24H23F2N3O6. The zero-order valence-corrected chi connectivity index (χ0v) is 18.8. The molecule has 2 aromatic carbocycles. The number of unbranched alkanes of at least 4 members (excludes halogenated alkanes) is 2. The molecule has 0 aliphatic rings. The summed E-state index contributed by atoms with van der Waals surface area (Å²) in [4.78, 5) is 49.7. The van der Waals surface area contributed by atoms with Crippen LogP contribution in [0.4, 0.5) is 8.78 Å². The zero-order valence-electron chi connectivity index (χ0n) is 18.8. The third-order valence-electron chi connectivity index (χ3n) is 4.96. The Morgan fingerprint density at radius 2 is 1.71 bits per heavy atom. The van der Waals surface area contributed by atoms with Gasteiger partial charge in [0.25, 0.3) is 17.4 Å². The first-order valence-electron chi connectivity index (χ1n) is 10.9. The molecule has 0 aliphatic heterocycles. The molecule has 0 saturated carbocycles. The predicted molar refractivity (Wildman–Crippen MR) is 121 cm³/mol. The summed E-state index contributed by atoms with van der Waals surface area (Å²) >= 11 is 0. The molecule has 2 amide bonds. The number of hydrogen-bond donors (Lipinski definition) is 1. The average molecular weight is 487 g/mol. The van der Waals surface area contributed by atoms with Crippen molar-refractivity contribution in [1.29, 1.82) is 0 Å². The van der Waals surface area contributed by atoms with Gasteiger partial charge in [0.05, 0.1) is 5.39 Å². The molecule has 3 rings (SSSR count). The lowest BCUT2D eigenvalue weighted by Crippen LogP contribution is -2.34. The quantitative estimate of drug-likeness (QED) is 0.345. The van der Waals surface area contributed by atoms with Crippen molar-refractivity contribution in [1.82, 2.24) is 15.1 Å². The Bertz CT molecular complexity index is 1270. The van der Waals surface area contributed by atoms with Gasteiger partial charge in [-0.15, -0.1) is 0 Å². The van der Waals surface area contributed by atoms with E-state index < -0.39 is 31.0 Å². The van der Waals surface area contributed by atoms with Crippen LogP contribution in [0.15, 0.2) is 53.3 Å². The number of halogens is 2. The van der Waals surface area contributed by atoms with E-state index in [0.717, 1.165) is 25.0 Å². The molecule has 0 aliphatic carbocycles. The lowest BCUT2D eigenvalue weighted by Gasteiger charge is -2.11.